The molecule has 1 amide bonds. The zero-order valence-corrected chi connectivity index (χ0v) is 13.3. The van der Waals surface area contributed by atoms with Gasteiger partial charge in [0.15, 0.2) is 0 Å². The molecule has 0 bridgehead atoms. The van der Waals surface area contributed by atoms with Gasteiger partial charge in [0.2, 0.25) is 0 Å². The van der Waals surface area contributed by atoms with Crippen molar-refractivity contribution in [3.05, 3.63) is 28.0 Å². The van der Waals surface area contributed by atoms with Crippen LogP contribution in [0, 0.1) is 0 Å². The summed E-state index contributed by atoms with van der Waals surface area (Å²) in [6.07, 6.45) is 0.635. The van der Waals surface area contributed by atoms with Gasteiger partial charge in [-0.15, -0.1) is 0 Å². The minimum atomic E-state index is -0.880. The van der Waals surface area contributed by atoms with E-state index in [0.717, 1.165) is 21.2 Å². The lowest BCUT2D eigenvalue weighted by Crippen LogP contribution is -2.48. The maximum Gasteiger partial charge on any atom is 0.407 e. The number of piperazine rings is 1. The van der Waals surface area contributed by atoms with Crippen molar-refractivity contribution in [3.63, 3.8) is 0 Å². The maximum atomic E-state index is 11.0. The number of fused-ring (bicyclic) bond motifs is 1. The molecule has 1 saturated heterocycles. The average molecular weight is 372 g/mol. The largest absolute Gasteiger partial charge is 0.465 e. The SMILES string of the molecule is O=C(O)N1CCN(c2ncnc3cc(Br)c(Cl)cc23)CC1. The molecule has 0 aliphatic carbocycles. The highest BCUT2D eigenvalue weighted by molar-refractivity contribution is 9.10. The summed E-state index contributed by atoms with van der Waals surface area (Å²) in [4.78, 5) is 23.0. The van der Waals surface area contributed by atoms with Gasteiger partial charge < -0.3 is 14.9 Å². The predicted octanol–water partition coefficient (Wildman–Crippen LogP) is 2.85. The number of aromatic nitrogens is 2. The molecule has 0 atom stereocenters. The summed E-state index contributed by atoms with van der Waals surface area (Å²) in [7, 11) is 0. The summed E-state index contributed by atoms with van der Waals surface area (Å²) in [5.41, 5.74) is 0.803. The molecular formula is C13H12BrClN4O2. The molecule has 1 aliphatic heterocycles. The van der Waals surface area contributed by atoms with Crippen LogP contribution in [0.1, 0.15) is 0 Å². The topological polar surface area (TPSA) is 69.6 Å². The number of carboxylic acid groups (broad SMARTS) is 1. The highest BCUT2D eigenvalue weighted by atomic mass is 79.9. The molecule has 0 saturated carbocycles. The Morgan fingerprint density at radius 3 is 2.62 bits per heavy atom. The van der Waals surface area contributed by atoms with Gasteiger partial charge in [-0.2, -0.15) is 0 Å². The first-order valence-electron chi connectivity index (χ1n) is 6.39. The molecule has 0 unspecified atom stereocenters. The minimum Gasteiger partial charge on any atom is -0.465 e. The molecule has 1 aromatic carbocycles. The molecule has 2 heterocycles. The second-order valence-corrected chi connectivity index (χ2v) is 6.00. The smallest absolute Gasteiger partial charge is 0.407 e. The monoisotopic (exact) mass is 370 g/mol. The van der Waals surface area contributed by atoms with Crippen LogP contribution < -0.4 is 4.90 Å². The zero-order chi connectivity index (χ0) is 15.0. The number of halogens is 2. The van der Waals surface area contributed by atoms with Crippen LogP contribution in [-0.2, 0) is 0 Å². The standard InChI is InChI=1S/C13H12BrClN4O2/c14-9-6-11-8(5-10(9)15)12(17-7-16-11)18-1-3-19(4-2-18)13(20)21/h5-7H,1-4H2,(H,20,21). The molecule has 3 rings (SSSR count). The number of hydrogen-bond acceptors (Lipinski definition) is 4. The van der Waals surface area contributed by atoms with Crippen molar-refractivity contribution in [2.45, 2.75) is 0 Å². The molecule has 0 radical (unpaired) electrons. The Balaban J connectivity index is 1.94. The van der Waals surface area contributed by atoms with Crippen molar-refractivity contribution >= 4 is 50.3 Å². The van der Waals surface area contributed by atoms with Crippen molar-refractivity contribution in [2.75, 3.05) is 31.1 Å². The Hall–Kier alpha value is -1.60. The molecule has 1 aliphatic rings. The van der Waals surface area contributed by atoms with Crippen molar-refractivity contribution in [2.24, 2.45) is 0 Å². The normalized spacial score (nSPS) is 15.5. The van der Waals surface area contributed by atoms with Crippen LogP contribution in [0.4, 0.5) is 10.6 Å². The van der Waals surface area contributed by atoms with E-state index in [-0.39, 0.29) is 0 Å². The Morgan fingerprint density at radius 1 is 1.24 bits per heavy atom. The number of hydrogen-bond donors (Lipinski definition) is 1. The molecule has 1 aromatic heterocycles. The van der Waals surface area contributed by atoms with Gasteiger partial charge >= 0.3 is 6.09 Å². The van der Waals surface area contributed by atoms with E-state index < -0.39 is 6.09 Å². The van der Waals surface area contributed by atoms with Crippen molar-refractivity contribution in [1.29, 1.82) is 0 Å². The second-order valence-electron chi connectivity index (χ2n) is 4.74. The van der Waals surface area contributed by atoms with E-state index in [2.05, 4.69) is 30.8 Å². The second kappa shape index (κ2) is 5.65. The van der Waals surface area contributed by atoms with Crippen LogP contribution >= 0.6 is 27.5 Å². The van der Waals surface area contributed by atoms with E-state index in [0.29, 0.717) is 31.2 Å². The first-order valence-corrected chi connectivity index (χ1v) is 7.56. The van der Waals surface area contributed by atoms with Gasteiger partial charge in [0.25, 0.3) is 0 Å². The van der Waals surface area contributed by atoms with Crippen LogP contribution in [-0.4, -0.2) is 52.2 Å². The van der Waals surface area contributed by atoms with Gasteiger partial charge in [0, 0.05) is 36.0 Å². The number of benzene rings is 1. The summed E-state index contributed by atoms with van der Waals surface area (Å²) in [5, 5.41) is 10.5. The van der Waals surface area contributed by atoms with E-state index in [1.165, 1.54) is 11.2 Å². The van der Waals surface area contributed by atoms with E-state index in [1.807, 2.05) is 12.1 Å². The summed E-state index contributed by atoms with van der Waals surface area (Å²) in [5.74, 6) is 0.791. The lowest BCUT2D eigenvalue weighted by Gasteiger charge is -2.34. The third kappa shape index (κ3) is 2.75. The molecule has 6 nitrogen and oxygen atoms in total. The molecule has 21 heavy (non-hydrogen) atoms. The van der Waals surface area contributed by atoms with Crippen LogP contribution in [0.25, 0.3) is 10.9 Å². The Labute approximate surface area is 134 Å². The quantitative estimate of drug-likeness (QED) is 0.835. The number of nitrogens with zero attached hydrogens (tertiary/aromatic N) is 4. The maximum absolute atomic E-state index is 11.0. The molecular weight excluding hydrogens is 360 g/mol. The first-order chi connectivity index (χ1) is 10.1. The number of anilines is 1. The fraction of sp³-hybridized carbons (Fsp3) is 0.308. The highest BCUT2D eigenvalue weighted by Crippen LogP contribution is 2.31. The van der Waals surface area contributed by atoms with E-state index in [4.69, 9.17) is 16.7 Å². The van der Waals surface area contributed by atoms with Gasteiger partial charge in [0.05, 0.1) is 10.5 Å². The summed E-state index contributed by atoms with van der Waals surface area (Å²) in [6.45, 7) is 2.13. The number of carbonyl (C=O) groups is 1. The third-order valence-corrected chi connectivity index (χ3v) is 4.70. The lowest BCUT2D eigenvalue weighted by molar-refractivity contribution is 0.142. The Bertz CT molecular complexity index is 704. The number of amides is 1. The van der Waals surface area contributed by atoms with Gasteiger partial charge in [-0.3, -0.25) is 0 Å². The van der Waals surface area contributed by atoms with E-state index >= 15 is 0 Å². The van der Waals surface area contributed by atoms with Crippen molar-refractivity contribution < 1.29 is 9.90 Å². The van der Waals surface area contributed by atoms with Gasteiger partial charge in [-0.1, -0.05) is 11.6 Å². The number of rotatable bonds is 1. The fourth-order valence-corrected chi connectivity index (χ4v) is 2.89. The molecule has 2 aromatic rings. The Kier molecular flexibility index (Phi) is 3.86. The first kappa shape index (κ1) is 14.3. The van der Waals surface area contributed by atoms with Crippen molar-refractivity contribution in [3.8, 4) is 0 Å². The summed E-state index contributed by atoms with van der Waals surface area (Å²) < 4.78 is 0.789. The average Bonchev–Trinajstić information content (AvgIpc) is 2.48. The lowest BCUT2D eigenvalue weighted by atomic mass is 10.2. The van der Waals surface area contributed by atoms with Gasteiger partial charge in [-0.25, -0.2) is 14.8 Å². The molecule has 110 valence electrons. The predicted molar refractivity (Wildman–Crippen MR) is 84.1 cm³/mol. The van der Waals surface area contributed by atoms with Crippen LogP contribution in [0.5, 0.6) is 0 Å². The highest BCUT2D eigenvalue weighted by Gasteiger charge is 2.22. The van der Waals surface area contributed by atoms with Crippen molar-refractivity contribution in [1.82, 2.24) is 14.9 Å². The van der Waals surface area contributed by atoms with E-state index in [9.17, 15) is 4.79 Å². The van der Waals surface area contributed by atoms with Gasteiger partial charge in [0.1, 0.15) is 12.1 Å². The molecule has 1 fully saturated rings. The Morgan fingerprint density at radius 2 is 1.95 bits per heavy atom. The molecule has 1 N–H and O–H groups in total. The van der Waals surface area contributed by atoms with Crippen LogP contribution in [0.3, 0.4) is 0 Å². The minimum absolute atomic E-state index is 0.463. The summed E-state index contributed by atoms with van der Waals surface area (Å²) >= 11 is 9.54. The zero-order valence-electron chi connectivity index (χ0n) is 11.0. The summed E-state index contributed by atoms with van der Waals surface area (Å²) in [6, 6.07) is 3.69. The molecule has 0 spiro atoms. The van der Waals surface area contributed by atoms with Crippen LogP contribution in [0.2, 0.25) is 5.02 Å². The van der Waals surface area contributed by atoms with Crippen LogP contribution in [0.15, 0.2) is 22.9 Å². The fourth-order valence-electron chi connectivity index (χ4n) is 2.40. The molecule has 8 heteroatoms. The van der Waals surface area contributed by atoms with Gasteiger partial charge in [-0.05, 0) is 28.1 Å². The third-order valence-electron chi connectivity index (χ3n) is 3.51. The van der Waals surface area contributed by atoms with E-state index in [1.54, 1.807) is 0 Å².